The molecule has 1 saturated heterocycles. The van der Waals surface area contributed by atoms with Gasteiger partial charge in [0.05, 0.1) is 6.54 Å². The molecule has 0 unspecified atom stereocenters. The summed E-state index contributed by atoms with van der Waals surface area (Å²) in [6.45, 7) is 2.28. The van der Waals surface area contributed by atoms with Crippen molar-refractivity contribution in [1.82, 2.24) is 10.2 Å². The lowest BCUT2D eigenvalue weighted by atomic mass is 10.1. The van der Waals surface area contributed by atoms with Gasteiger partial charge < -0.3 is 11.1 Å². The van der Waals surface area contributed by atoms with E-state index in [1.165, 1.54) is 0 Å². The molecule has 1 aliphatic carbocycles. The van der Waals surface area contributed by atoms with Crippen LogP contribution in [0.15, 0.2) is 0 Å². The van der Waals surface area contributed by atoms with Crippen molar-refractivity contribution in [2.24, 2.45) is 5.73 Å². The van der Waals surface area contributed by atoms with Crippen LogP contribution < -0.4 is 11.1 Å². The normalized spacial score (nSPS) is 25.1. The number of carbonyl (C=O) groups excluding carboxylic acids is 1. The Labute approximate surface area is 72.1 Å². The molecule has 0 atom stereocenters. The van der Waals surface area contributed by atoms with E-state index in [0.717, 1.165) is 25.9 Å². The number of amides is 1. The molecule has 2 rings (SSSR count). The van der Waals surface area contributed by atoms with Crippen molar-refractivity contribution in [2.75, 3.05) is 19.6 Å². The quantitative estimate of drug-likeness (QED) is 0.564. The van der Waals surface area contributed by atoms with Gasteiger partial charge in [-0.05, 0) is 12.8 Å². The maximum Gasteiger partial charge on any atom is 0.234 e. The molecule has 68 valence electrons. The molecule has 0 aromatic carbocycles. The minimum atomic E-state index is 0.157. The third-order valence-electron chi connectivity index (χ3n) is 2.30. The van der Waals surface area contributed by atoms with Crippen LogP contribution in [0.2, 0.25) is 0 Å². The highest BCUT2D eigenvalue weighted by Gasteiger charge is 2.27. The lowest BCUT2D eigenvalue weighted by Gasteiger charge is -2.36. The van der Waals surface area contributed by atoms with Gasteiger partial charge in [0.15, 0.2) is 0 Å². The molecule has 4 heteroatoms. The van der Waals surface area contributed by atoms with E-state index in [9.17, 15) is 4.79 Å². The largest absolute Gasteiger partial charge is 0.352 e. The van der Waals surface area contributed by atoms with Crippen LogP contribution in [0.3, 0.4) is 0 Å². The van der Waals surface area contributed by atoms with E-state index in [1.807, 2.05) is 0 Å². The average Bonchev–Trinajstić information content (AvgIpc) is 2.68. The van der Waals surface area contributed by atoms with Crippen LogP contribution in [-0.2, 0) is 4.79 Å². The molecule has 1 amide bonds. The summed E-state index contributed by atoms with van der Waals surface area (Å²) in [6, 6.07) is 0.770. The molecule has 4 nitrogen and oxygen atoms in total. The number of rotatable bonds is 3. The van der Waals surface area contributed by atoms with E-state index >= 15 is 0 Å². The van der Waals surface area contributed by atoms with Crippen molar-refractivity contribution in [3.05, 3.63) is 0 Å². The first-order chi connectivity index (χ1) is 5.74. The number of carbonyl (C=O) groups is 1. The Bertz CT molecular complexity index is 185. The molecule has 3 N–H and O–H groups in total. The van der Waals surface area contributed by atoms with Crippen molar-refractivity contribution in [3.63, 3.8) is 0 Å². The van der Waals surface area contributed by atoms with E-state index in [-0.39, 0.29) is 5.91 Å². The van der Waals surface area contributed by atoms with Gasteiger partial charge in [0, 0.05) is 25.2 Å². The van der Waals surface area contributed by atoms with Gasteiger partial charge in [0.25, 0.3) is 0 Å². The zero-order valence-corrected chi connectivity index (χ0v) is 7.12. The van der Waals surface area contributed by atoms with Gasteiger partial charge in [0.1, 0.15) is 0 Å². The van der Waals surface area contributed by atoms with Gasteiger partial charge in [-0.3, -0.25) is 9.69 Å². The lowest BCUT2D eigenvalue weighted by molar-refractivity contribution is -0.123. The number of nitrogens with one attached hydrogen (secondary N) is 1. The summed E-state index contributed by atoms with van der Waals surface area (Å²) >= 11 is 0. The van der Waals surface area contributed by atoms with E-state index in [4.69, 9.17) is 5.73 Å². The lowest BCUT2D eigenvalue weighted by Crippen LogP contribution is -2.58. The Morgan fingerprint density at radius 3 is 2.67 bits per heavy atom. The highest BCUT2D eigenvalue weighted by atomic mass is 16.2. The number of hydrogen-bond donors (Lipinski definition) is 2. The Kier molecular flexibility index (Phi) is 2.02. The minimum absolute atomic E-state index is 0.157. The molecule has 0 bridgehead atoms. The Hall–Kier alpha value is -0.610. The predicted molar refractivity (Wildman–Crippen MR) is 45.6 cm³/mol. The Morgan fingerprint density at radius 2 is 2.17 bits per heavy atom. The number of nitrogens with two attached hydrogens (primary N) is 1. The second kappa shape index (κ2) is 3.03. The first-order valence-electron chi connectivity index (χ1n) is 4.51. The van der Waals surface area contributed by atoms with Gasteiger partial charge in [-0.2, -0.15) is 0 Å². The standard InChI is InChI=1S/C8H15N3O/c9-6-3-11(4-6)5-8(12)10-7-1-2-7/h6-7H,1-5,9H2,(H,10,12). The first kappa shape index (κ1) is 8.01. The van der Waals surface area contributed by atoms with Crippen molar-refractivity contribution in [3.8, 4) is 0 Å². The van der Waals surface area contributed by atoms with Crippen LogP contribution >= 0.6 is 0 Å². The maximum atomic E-state index is 11.2. The molecule has 2 fully saturated rings. The minimum Gasteiger partial charge on any atom is -0.352 e. The summed E-state index contributed by atoms with van der Waals surface area (Å²) in [4.78, 5) is 13.3. The second-order valence-corrected chi connectivity index (χ2v) is 3.80. The summed E-state index contributed by atoms with van der Waals surface area (Å²) in [5.41, 5.74) is 5.58. The van der Waals surface area contributed by atoms with E-state index in [1.54, 1.807) is 0 Å². The van der Waals surface area contributed by atoms with Crippen molar-refractivity contribution in [2.45, 2.75) is 24.9 Å². The zero-order valence-electron chi connectivity index (χ0n) is 7.12. The van der Waals surface area contributed by atoms with Crippen LogP contribution in [0, 0.1) is 0 Å². The molecule has 12 heavy (non-hydrogen) atoms. The van der Waals surface area contributed by atoms with Crippen LogP contribution in [0.4, 0.5) is 0 Å². The summed E-state index contributed by atoms with van der Waals surface area (Å²) in [5, 5.41) is 2.95. The second-order valence-electron chi connectivity index (χ2n) is 3.80. The van der Waals surface area contributed by atoms with E-state index < -0.39 is 0 Å². The fourth-order valence-electron chi connectivity index (χ4n) is 1.44. The molecule has 0 radical (unpaired) electrons. The smallest absolute Gasteiger partial charge is 0.234 e. The highest BCUT2D eigenvalue weighted by molar-refractivity contribution is 5.78. The third-order valence-corrected chi connectivity index (χ3v) is 2.30. The number of likely N-dealkylation sites (tertiary alicyclic amines) is 1. The SMILES string of the molecule is NC1CN(CC(=O)NC2CC2)C1. The van der Waals surface area contributed by atoms with E-state index in [0.29, 0.717) is 18.6 Å². The number of hydrogen-bond acceptors (Lipinski definition) is 3. The van der Waals surface area contributed by atoms with Crippen LogP contribution in [-0.4, -0.2) is 42.5 Å². The molecule has 0 spiro atoms. The maximum absolute atomic E-state index is 11.2. The highest BCUT2D eigenvalue weighted by Crippen LogP contribution is 2.18. The van der Waals surface area contributed by atoms with Gasteiger partial charge >= 0.3 is 0 Å². The van der Waals surface area contributed by atoms with Crippen LogP contribution in [0.1, 0.15) is 12.8 Å². The summed E-state index contributed by atoms with van der Waals surface area (Å²) in [7, 11) is 0. The molecule has 2 aliphatic rings. The van der Waals surface area contributed by atoms with Gasteiger partial charge in [-0.1, -0.05) is 0 Å². The topological polar surface area (TPSA) is 58.4 Å². The van der Waals surface area contributed by atoms with Gasteiger partial charge in [-0.25, -0.2) is 0 Å². The molecule has 0 aromatic rings. The van der Waals surface area contributed by atoms with Crippen molar-refractivity contribution in [1.29, 1.82) is 0 Å². The van der Waals surface area contributed by atoms with E-state index in [2.05, 4.69) is 10.2 Å². The average molecular weight is 169 g/mol. The first-order valence-corrected chi connectivity index (χ1v) is 4.51. The Balaban J connectivity index is 1.62. The van der Waals surface area contributed by atoms with Crippen LogP contribution in [0.25, 0.3) is 0 Å². The van der Waals surface area contributed by atoms with Gasteiger partial charge in [0.2, 0.25) is 5.91 Å². The molecule has 1 heterocycles. The molecular formula is C8H15N3O. The molecular weight excluding hydrogens is 154 g/mol. The third kappa shape index (κ3) is 1.95. The molecule has 1 aliphatic heterocycles. The molecule has 0 aromatic heterocycles. The van der Waals surface area contributed by atoms with Crippen molar-refractivity contribution < 1.29 is 4.79 Å². The van der Waals surface area contributed by atoms with Gasteiger partial charge in [-0.15, -0.1) is 0 Å². The monoisotopic (exact) mass is 169 g/mol. The number of nitrogens with zero attached hydrogens (tertiary/aromatic N) is 1. The fraction of sp³-hybridized carbons (Fsp3) is 0.875. The summed E-state index contributed by atoms with van der Waals surface area (Å²) in [5.74, 6) is 0.157. The zero-order chi connectivity index (χ0) is 8.55. The predicted octanol–water partition coefficient (Wildman–Crippen LogP) is -1.09. The molecule has 1 saturated carbocycles. The summed E-state index contributed by atoms with van der Waals surface area (Å²) < 4.78 is 0. The van der Waals surface area contributed by atoms with Crippen molar-refractivity contribution >= 4 is 5.91 Å². The van der Waals surface area contributed by atoms with Crippen LogP contribution in [0.5, 0.6) is 0 Å². The Morgan fingerprint density at radius 1 is 1.50 bits per heavy atom. The fourth-order valence-corrected chi connectivity index (χ4v) is 1.44. The summed E-state index contributed by atoms with van der Waals surface area (Å²) in [6.07, 6.45) is 2.32.